The molecular formula is C15H17FN4O. The molecule has 0 unspecified atom stereocenters. The van der Waals surface area contributed by atoms with Gasteiger partial charge in [-0.2, -0.15) is 0 Å². The van der Waals surface area contributed by atoms with E-state index in [1.807, 2.05) is 19.1 Å². The molecule has 1 aromatic heterocycles. The molecule has 1 heterocycles. The van der Waals surface area contributed by atoms with Crippen LogP contribution in [0, 0.1) is 12.7 Å². The minimum absolute atomic E-state index is 0.0887. The van der Waals surface area contributed by atoms with E-state index >= 15 is 0 Å². The quantitative estimate of drug-likeness (QED) is 0.340. The molecule has 1 aromatic carbocycles. The van der Waals surface area contributed by atoms with Crippen LogP contribution >= 0.6 is 0 Å². The van der Waals surface area contributed by atoms with E-state index in [4.69, 9.17) is 10.9 Å². The van der Waals surface area contributed by atoms with Gasteiger partial charge in [-0.25, -0.2) is 4.39 Å². The maximum atomic E-state index is 14.2. The molecule has 5 nitrogen and oxygen atoms in total. The van der Waals surface area contributed by atoms with Gasteiger partial charge in [0.15, 0.2) is 5.84 Å². The largest absolute Gasteiger partial charge is 0.409 e. The third-order valence-electron chi connectivity index (χ3n) is 3.19. The molecule has 6 heteroatoms. The van der Waals surface area contributed by atoms with E-state index in [0.717, 1.165) is 11.3 Å². The number of amidine groups is 1. The second-order valence-corrected chi connectivity index (χ2v) is 4.63. The molecule has 110 valence electrons. The molecule has 0 spiro atoms. The van der Waals surface area contributed by atoms with E-state index < -0.39 is 5.82 Å². The second-order valence-electron chi connectivity index (χ2n) is 4.63. The molecule has 0 aliphatic carbocycles. The smallest absolute Gasteiger partial charge is 0.173 e. The monoisotopic (exact) mass is 288 g/mol. The number of oxime groups is 1. The number of pyridine rings is 1. The van der Waals surface area contributed by atoms with Gasteiger partial charge in [0.25, 0.3) is 0 Å². The maximum absolute atomic E-state index is 14.2. The Kier molecular flexibility index (Phi) is 4.84. The number of nitrogens with zero attached hydrogens (tertiary/aromatic N) is 2. The number of nitrogens with two attached hydrogens (primary N) is 1. The van der Waals surface area contributed by atoms with E-state index in [9.17, 15) is 4.39 Å². The van der Waals surface area contributed by atoms with Gasteiger partial charge in [-0.3, -0.25) is 4.98 Å². The number of rotatable bonds is 5. The van der Waals surface area contributed by atoms with Gasteiger partial charge in [0.05, 0.1) is 11.3 Å². The number of nitrogens with one attached hydrogen (secondary N) is 1. The van der Waals surface area contributed by atoms with Crippen molar-refractivity contribution in [3.63, 3.8) is 0 Å². The summed E-state index contributed by atoms with van der Waals surface area (Å²) in [7, 11) is 0. The van der Waals surface area contributed by atoms with Crippen molar-refractivity contribution in [3.8, 4) is 0 Å². The average Bonchev–Trinajstić information content (AvgIpc) is 2.50. The summed E-state index contributed by atoms with van der Waals surface area (Å²) < 4.78 is 14.2. The van der Waals surface area contributed by atoms with Crippen molar-refractivity contribution in [1.82, 2.24) is 10.3 Å². The van der Waals surface area contributed by atoms with Crippen LogP contribution in [-0.4, -0.2) is 16.0 Å². The molecular weight excluding hydrogens is 271 g/mol. The Morgan fingerprint density at radius 1 is 1.33 bits per heavy atom. The molecule has 0 aliphatic rings. The Bertz CT molecular complexity index is 658. The first-order chi connectivity index (χ1) is 10.1. The molecule has 2 aromatic rings. The molecule has 0 radical (unpaired) electrons. The predicted octanol–water partition coefficient (Wildman–Crippen LogP) is 1.91. The molecule has 0 aliphatic heterocycles. The Labute approximate surface area is 122 Å². The summed E-state index contributed by atoms with van der Waals surface area (Å²) in [5.74, 6) is -0.729. The minimum atomic E-state index is -0.488. The highest BCUT2D eigenvalue weighted by atomic mass is 19.1. The van der Waals surface area contributed by atoms with Gasteiger partial charge in [-0.15, -0.1) is 0 Å². The van der Waals surface area contributed by atoms with Crippen LogP contribution in [0.2, 0.25) is 0 Å². The number of aromatic nitrogens is 1. The fourth-order valence-electron chi connectivity index (χ4n) is 1.99. The number of aryl methyl sites for hydroxylation is 1. The summed E-state index contributed by atoms with van der Waals surface area (Å²) >= 11 is 0. The Morgan fingerprint density at radius 3 is 2.86 bits per heavy atom. The van der Waals surface area contributed by atoms with Gasteiger partial charge in [0.1, 0.15) is 5.82 Å². The zero-order valence-corrected chi connectivity index (χ0v) is 11.7. The summed E-state index contributed by atoms with van der Waals surface area (Å²) in [6.45, 7) is 2.85. The SMILES string of the molecule is Cc1cccnc1CNCc1cccc(/C(N)=N/O)c1F. The highest BCUT2D eigenvalue weighted by Gasteiger charge is 2.11. The van der Waals surface area contributed by atoms with Crippen molar-refractivity contribution in [2.24, 2.45) is 10.9 Å². The predicted molar refractivity (Wildman–Crippen MR) is 78.4 cm³/mol. The van der Waals surface area contributed by atoms with Gasteiger partial charge in [0.2, 0.25) is 0 Å². The Balaban J connectivity index is 2.06. The van der Waals surface area contributed by atoms with Gasteiger partial charge in [-0.05, 0) is 24.6 Å². The molecule has 0 atom stereocenters. The molecule has 0 amide bonds. The van der Waals surface area contributed by atoms with Crippen molar-refractivity contribution in [1.29, 1.82) is 0 Å². The van der Waals surface area contributed by atoms with Crippen LogP contribution in [0.5, 0.6) is 0 Å². The van der Waals surface area contributed by atoms with Crippen LogP contribution in [0.25, 0.3) is 0 Å². The first-order valence-electron chi connectivity index (χ1n) is 6.50. The summed E-state index contributed by atoms with van der Waals surface area (Å²) in [6, 6.07) is 8.64. The highest BCUT2D eigenvalue weighted by molar-refractivity contribution is 5.97. The second kappa shape index (κ2) is 6.81. The fourth-order valence-corrected chi connectivity index (χ4v) is 1.99. The van der Waals surface area contributed by atoms with Crippen molar-refractivity contribution < 1.29 is 9.60 Å². The maximum Gasteiger partial charge on any atom is 0.173 e. The van der Waals surface area contributed by atoms with Crippen molar-refractivity contribution >= 4 is 5.84 Å². The molecule has 0 saturated heterocycles. The third kappa shape index (κ3) is 3.55. The average molecular weight is 288 g/mol. The zero-order chi connectivity index (χ0) is 15.2. The van der Waals surface area contributed by atoms with Gasteiger partial charge >= 0.3 is 0 Å². The molecule has 4 N–H and O–H groups in total. The lowest BCUT2D eigenvalue weighted by Crippen LogP contribution is -2.19. The minimum Gasteiger partial charge on any atom is -0.409 e. The van der Waals surface area contributed by atoms with Crippen LogP contribution in [0.15, 0.2) is 41.7 Å². The highest BCUT2D eigenvalue weighted by Crippen LogP contribution is 2.13. The van der Waals surface area contributed by atoms with Gasteiger partial charge in [-0.1, -0.05) is 23.4 Å². The van der Waals surface area contributed by atoms with Crippen molar-refractivity contribution in [3.05, 3.63) is 64.7 Å². The van der Waals surface area contributed by atoms with Crippen molar-refractivity contribution in [2.45, 2.75) is 20.0 Å². The standard InChI is InChI=1S/C15H17FN4O/c1-10-4-3-7-19-13(10)9-18-8-11-5-2-6-12(14(11)16)15(17)20-21/h2-7,18,21H,8-9H2,1H3,(H2,17,20). The summed E-state index contributed by atoms with van der Waals surface area (Å²) in [5, 5.41) is 14.6. The fraction of sp³-hybridized carbons (Fsp3) is 0.200. The molecule has 21 heavy (non-hydrogen) atoms. The zero-order valence-electron chi connectivity index (χ0n) is 11.7. The van der Waals surface area contributed by atoms with Crippen LogP contribution in [0.3, 0.4) is 0 Å². The summed E-state index contributed by atoms with van der Waals surface area (Å²) in [4.78, 5) is 4.26. The number of halogens is 1. The van der Waals surface area contributed by atoms with E-state index in [2.05, 4.69) is 15.5 Å². The summed E-state index contributed by atoms with van der Waals surface area (Å²) in [6.07, 6.45) is 1.73. The Hall–Kier alpha value is -2.47. The third-order valence-corrected chi connectivity index (χ3v) is 3.19. The van der Waals surface area contributed by atoms with Crippen molar-refractivity contribution in [2.75, 3.05) is 0 Å². The van der Waals surface area contributed by atoms with Gasteiger partial charge in [0, 0.05) is 24.8 Å². The molecule has 2 rings (SSSR count). The first kappa shape index (κ1) is 14.9. The normalized spacial score (nSPS) is 11.6. The van der Waals surface area contributed by atoms with E-state index in [1.165, 1.54) is 6.07 Å². The van der Waals surface area contributed by atoms with Crippen LogP contribution in [0.1, 0.15) is 22.4 Å². The number of benzene rings is 1. The lowest BCUT2D eigenvalue weighted by molar-refractivity contribution is 0.318. The number of hydrogen-bond donors (Lipinski definition) is 3. The van der Waals surface area contributed by atoms with Crippen LogP contribution < -0.4 is 11.1 Å². The molecule has 0 bridgehead atoms. The van der Waals surface area contributed by atoms with Gasteiger partial charge < -0.3 is 16.3 Å². The topological polar surface area (TPSA) is 83.5 Å². The Morgan fingerprint density at radius 2 is 2.14 bits per heavy atom. The van der Waals surface area contributed by atoms with Crippen LogP contribution in [0.4, 0.5) is 4.39 Å². The molecule has 0 fully saturated rings. The number of hydrogen-bond acceptors (Lipinski definition) is 4. The lowest BCUT2D eigenvalue weighted by atomic mass is 10.1. The van der Waals surface area contributed by atoms with E-state index in [-0.39, 0.29) is 11.4 Å². The summed E-state index contributed by atoms with van der Waals surface area (Å²) in [5.41, 5.74) is 7.97. The lowest BCUT2D eigenvalue weighted by Gasteiger charge is -2.09. The first-order valence-corrected chi connectivity index (χ1v) is 6.50. The van der Waals surface area contributed by atoms with E-state index in [1.54, 1.807) is 18.3 Å². The van der Waals surface area contributed by atoms with E-state index in [0.29, 0.717) is 18.7 Å². The van der Waals surface area contributed by atoms with Crippen LogP contribution in [-0.2, 0) is 13.1 Å². The molecule has 0 saturated carbocycles.